The van der Waals surface area contributed by atoms with Crippen LogP contribution in [-0.2, 0) is 16.1 Å². The van der Waals surface area contributed by atoms with Gasteiger partial charge in [-0.3, -0.25) is 9.69 Å². The summed E-state index contributed by atoms with van der Waals surface area (Å²) in [5.41, 5.74) is 0.553. The standard InChI is InChI=1S/C25H36N2O6/c1-4-19(2)27(25(29)23-9-5-6-10-24(23)30-3)16-22-15-26(11-13-33-22)14-20(28)17-31-18-21-8-7-12-32-21/h5-10,12,19-20,22,28H,4,11,13-18H2,1-3H3. The smallest absolute Gasteiger partial charge is 0.257 e. The molecule has 1 saturated heterocycles. The fraction of sp³-hybridized carbons (Fsp3) is 0.560. The van der Waals surface area contributed by atoms with Crippen molar-refractivity contribution in [3.63, 3.8) is 0 Å². The van der Waals surface area contributed by atoms with Crippen molar-refractivity contribution in [3.05, 3.63) is 54.0 Å². The summed E-state index contributed by atoms with van der Waals surface area (Å²) < 4.78 is 22.2. The third-order valence-corrected chi connectivity index (χ3v) is 5.95. The molecular weight excluding hydrogens is 424 g/mol. The Hall–Kier alpha value is -2.39. The van der Waals surface area contributed by atoms with Crippen LogP contribution in [0.15, 0.2) is 47.1 Å². The van der Waals surface area contributed by atoms with E-state index in [1.165, 1.54) is 0 Å². The van der Waals surface area contributed by atoms with Crippen LogP contribution in [0.5, 0.6) is 5.75 Å². The number of ether oxygens (including phenoxy) is 3. The maximum atomic E-state index is 13.4. The van der Waals surface area contributed by atoms with Crippen molar-refractivity contribution >= 4 is 5.91 Å². The van der Waals surface area contributed by atoms with Crippen molar-refractivity contribution in [1.29, 1.82) is 0 Å². The molecular formula is C25H36N2O6. The van der Waals surface area contributed by atoms with Gasteiger partial charge in [-0.05, 0) is 37.6 Å². The van der Waals surface area contributed by atoms with Gasteiger partial charge in [0.15, 0.2) is 0 Å². The van der Waals surface area contributed by atoms with Gasteiger partial charge in [0.25, 0.3) is 5.91 Å². The fourth-order valence-corrected chi connectivity index (χ4v) is 3.98. The molecule has 0 aliphatic carbocycles. The summed E-state index contributed by atoms with van der Waals surface area (Å²) in [6.45, 7) is 7.58. The topological polar surface area (TPSA) is 84.6 Å². The molecule has 1 aliphatic rings. The highest BCUT2D eigenvalue weighted by molar-refractivity contribution is 5.97. The highest BCUT2D eigenvalue weighted by Gasteiger charge is 2.29. The number of furan rings is 1. The zero-order valence-corrected chi connectivity index (χ0v) is 19.8. The molecule has 33 heavy (non-hydrogen) atoms. The molecule has 182 valence electrons. The number of hydrogen-bond donors (Lipinski definition) is 1. The van der Waals surface area contributed by atoms with Gasteiger partial charge < -0.3 is 28.6 Å². The number of methoxy groups -OCH3 is 1. The number of carbonyl (C=O) groups is 1. The van der Waals surface area contributed by atoms with Crippen LogP contribution in [0.25, 0.3) is 0 Å². The van der Waals surface area contributed by atoms with Crippen LogP contribution in [0.1, 0.15) is 36.4 Å². The van der Waals surface area contributed by atoms with Crippen LogP contribution in [0, 0.1) is 0 Å². The van der Waals surface area contributed by atoms with Crippen LogP contribution in [0.2, 0.25) is 0 Å². The normalized spacial score (nSPS) is 18.6. The number of carbonyl (C=O) groups excluding carboxylic acids is 1. The van der Waals surface area contributed by atoms with Gasteiger partial charge in [0, 0.05) is 32.2 Å². The van der Waals surface area contributed by atoms with E-state index in [0.717, 1.165) is 18.7 Å². The Balaban J connectivity index is 1.55. The van der Waals surface area contributed by atoms with Crippen molar-refractivity contribution in [1.82, 2.24) is 9.80 Å². The van der Waals surface area contributed by atoms with Crippen molar-refractivity contribution in [2.75, 3.05) is 46.5 Å². The molecule has 0 radical (unpaired) electrons. The van der Waals surface area contributed by atoms with Crippen molar-refractivity contribution < 1.29 is 28.5 Å². The predicted molar refractivity (Wildman–Crippen MR) is 124 cm³/mol. The number of aliphatic hydroxyl groups is 1. The molecule has 1 fully saturated rings. The summed E-state index contributed by atoms with van der Waals surface area (Å²) in [5.74, 6) is 1.24. The first-order valence-electron chi connectivity index (χ1n) is 11.6. The van der Waals surface area contributed by atoms with Gasteiger partial charge in [-0.25, -0.2) is 0 Å². The van der Waals surface area contributed by atoms with Crippen LogP contribution in [0.4, 0.5) is 0 Å². The van der Waals surface area contributed by atoms with E-state index in [1.807, 2.05) is 36.1 Å². The zero-order valence-electron chi connectivity index (χ0n) is 19.8. The second-order valence-electron chi connectivity index (χ2n) is 8.42. The Morgan fingerprint density at radius 1 is 1.30 bits per heavy atom. The van der Waals surface area contributed by atoms with E-state index >= 15 is 0 Å². The lowest BCUT2D eigenvalue weighted by Gasteiger charge is -2.38. The number of nitrogens with zero attached hydrogens (tertiary/aromatic N) is 2. The summed E-state index contributed by atoms with van der Waals surface area (Å²) in [4.78, 5) is 17.4. The molecule has 1 amide bonds. The van der Waals surface area contributed by atoms with E-state index < -0.39 is 6.10 Å². The van der Waals surface area contributed by atoms with Crippen molar-refractivity contribution in [2.24, 2.45) is 0 Å². The van der Waals surface area contributed by atoms with Crippen molar-refractivity contribution in [3.8, 4) is 5.75 Å². The fourth-order valence-electron chi connectivity index (χ4n) is 3.98. The Labute approximate surface area is 196 Å². The number of hydrogen-bond acceptors (Lipinski definition) is 7. The summed E-state index contributed by atoms with van der Waals surface area (Å²) in [5, 5.41) is 10.4. The SMILES string of the molecule is CCC(C)N(CC1CN(CC(O)COCc2ccco2)CCO1)C(=O)c1ccccc1OC. The maximum Gasteiger partial charge on any atom is 0.257 e. The molecule has 0 spiro atoms. The lowest BCUT2D eigenvalue weighted by atomic mass is 10.1. The summed E-state index contributed by atoms with van der Waals surface area (Å²) in [6.07, 6.45) is 1.69. The molecule has 2 heterocycles. The zero-order chi connectivity index (χ0) is 23.6. The quantitative estimate of drug-likeness (QED) is 0.521. The Morgan fingerprint density at radius 3 is 2.85 bits per heavy atom. The van der Waals surface area contributed by atoms with Gasteiger partial charge in [0.1, 0.15) is 18.1 Å². The third-order valence-electron chi connectivity index (χ3n) is 5.95. The Kier molecular flexibility index (Phi) is 9.75. The number of amides is 1. The molecule has 3 unspecified atom stereocenters. The van der Waals surface area contributed by atoms with Gasteiger partial charge in [-0.1, -0.05) is 19.1 Å². The highest BCUT2D eigenvalue weighted by Crippen LogP contribution is 2.22. The molecule has 0 saturated carbocycles. The van der Waals surface area contributed by atoms with Gasteiger partial charge in [-0.15, -0.1) is 0 Å². The Bertz CT molecular complexity index is 843. The number of morpholine rings is 1. The van der Waals surface area contributed by atoms with Gasteiger partial charge in [0.2, 0.25) is 0 Å². The minimum atomic E-state index is -0.611. The average molecular weight is 461 g/mol. The predicted octanol–water partition coefficient (Wildman–Crippen LogP) is 2.81. The van der Waals surface area contributed by atoms with Gasteiger partial charge in [0.05, 0.1) is 44.4 Å². The largest absolute Gasteiger partial charge is 0.496 e. The monoisotopic (exact) mass is 460 g/mol. The van der Waals surface area contributed by atoms with E-state index in [4.69, 9.17) is 18.6 Å². The molecule has 8 nitrogen and oxygen atoms in total. The van der Waals surface area contributed by atoms with E-state index in [1.54, 1.807) is 25.5 Å². The Morgan fingerprint density at radius 2 is 2.12 bits per heavy atom. The average Bonchev–Trinajstić information content (AvgIpc) is 3.35. The molecule has 8 heteroatoms. The van der Waals surface area contributed by atoms with E-state index in [9.17, 15) is 9.90 Å². The second kappa shape index (κ2) is 12.7. The molecule has 1 aromatic heterocycles. The lowest BCUT2D eigenvalue weighted by molar-refractivity contribution is -0.0626. The third kappa shape index (κ3) is 7.30. The molecule has 1 aliphatic heterocycles. The lowest BCUT2D eigenvalue weighted by Crippen LogP contribution is -2.52. The first-order valence-corrected chi connectivity index (χ1v) is 11.6. The van der Waals surface area contributed by atoms with E-state index in [-0.39, 0.29) is 24.7 Å². The van der Waals surface area contributed by atoms with Crippen molar-refractivity contribution in [2.45, 2.75) is 45.1 Å². The second-order valence-corrected chi connectivity index (χ2v) is 8.42. The van der Waals surface area contributed by atoms with E-state index in [0.29, 0.717) is 44.2 Å². The number of benzene rings is 1. The molecule has 2 aromatic rings. The van der Waals surface area contributed by atoms with Crippen LogP contribution < -0.4 is 4.74 Å². The first kappa shape index (κ1) is 25.2. The van der Waals surface area contributed by atoms with Gasteiger partial charge in [-0.2, -0.15) is 0 Å². The molecule has 0 bridgehead atoms. The van der Waals surface area contributed by atoms with Crippen LogP contribution >= 0.6 is 0 Å². The van der Waals surface area contributed by atoms with Gasteiger partial charge >= 0.3 is 0 Å². The summed E-state index contributed by atoms with van der Waals surface area (Å²) in [6, 6.07) is 11.0. The first-order chi connectivity index (χ1) is 16.0. The minimum Gasteiger partial charge on any atom is -0.496 e. The maximum absolute atomic E-state index is 13.4. The van der Waals surface area contributed by atoms with Crippen LogP contribution in [-0.4, -0.2) is 85.6 Å². The number of para-hydroxylation sites is 1. The molecule has 3 rings (SSSR count). The van der Waals surface area contributed by atoms with Crippen LogP contribution in [0.3, 0.4) is 0 Å². The number of aliphatic hydroxyl groups excluding tert-OH is 1. The molecule has 1 aromatic carbocycles. The molecule has 3 atom stereocenters. The molecule has 1 N–H and O–H groups in total. The minimum absolute atomic E-state index is 0.0574. The van der Waals surface area contributed by atoms with E-state index in [2.05, 4.69) is 11.8 Å². The summed E-state index contributed by atoms with van der Waals surface area (Å²) >= 11 is 0. The number of β-amino-alcohol motifs (C(OH)–C–C–N with tert-alkyl or cyclic N) is 1. The summed E-state index contributed by atoms with van der Waals surface area (Å²) in [7, 11) is 1.57. The highest BCUT2D eigenvalue weighted by atomic mass is 16.5. The number of rotatable bonds is 12.